The van der Waals surface area contributed by atoms with Crippen LogP contribution >= 0.6 is 0 Å². The molecule has 0 saturated heterocycles. The molecule has 0 heterocycles. The number of alkyl halides is 3. The number of rotatable bonds is 14. The first-order chi connectivity index (χ1) is 15.7. The lowest BCUT2D eigenvalue weighted by Gasteiger charge is -2.28. The van der Waals surface area contributed by atoms with Gasteiger partial charge in [-0.15, -0.1) is 6.58 Å². The van der Waals surface area contributed by atoms with Gasteiger partial charge in [0.15, 0.2) is 0 Å². The second-order valence-electron chi connectivity index (χ2n) is 8.77. The third-order valence-electron chi connectivity index (χ3n) is 5.55. The molecule has 192 valence electrons. The highest BCUT2D eigenvalue weighted by Crippen LogP contribution is 2.43. The summed E-state index contributed by atoms with van der Waals surface area (Å²) in [5, 5.41) is 11.2. The monoisotopic (exact) mass is 503 g/mol. The van der Waals surface area contributed by atoms with Gasteiger partial charge in [-0.3, -0.25) is 4.79 Å². The molecule has 34 heavy (non-hydrogen) atoms. The first kappa shape index (κ1) is 29.9. The van der Waals surface area contributed by atoms with Crippen LogP contribution in [-0.2, 0) is 21.4 Å². The van der Waals surface area contributed by atoms with Crippen LogP contribution in [0.2, 0.25) is 0 Å². The van der Waals surface area contributed by atoms with Crippen molar-refractivity contribution < 1.29 is 26.4 Å². The Morgan fingerprint density at radius 3 is 2.32 bits per heavy atom. The maximum Gasteiger partial charge on any atom is 0.397 e. The molecule has 1 unspecified atom stereocenters. The van der Waals surface area contributed by atoms with Gasteiger partial charge in [0.25, 0.3) is 0 Å². The van der Waals surface area contributed by atoms with Gasteiger partial charge < -0.3 is 10.6 Å². The van der Waals surface area contributed by atoms with Crippen LogP contribution in [-0.4, -0.2) is 33.1 Å². The molecule has 1 amide bonds. The van der Waals surface area contributed by atoms with Gasteiger partial charge in [-0.2, -0.15) is 13.2 Å². The van der Waals surface area contributed by atoms with Gasteiger partial charge in [0, 0.05) is 25.6 Å². The van der Waals surface area contributed by atoms with Crippen LogP contribution in [0, 0.1) is 5.41 Å². The molecular formula is C24H36F3N3O3S. The number of halogens is 3. The molecule has 0 aliphatic rings. The zero-order valence-corrected chi connectivity index (χ0v) is 20.9. The SMILES string of the molecule is C=CCC(C)(/C=C(\C)CNC(=O)CC[C@@H](CCC)NCc1ccc(S(N)(=O)=O)cc1)C(F)(F)F. The zero-order chi connectivity index (χ0) is 26.0. The molecule has 0 saturated carbocycles. The van der Waals surface area contributed by atoms with Crippen LogP contribution in [0.1, 0.15) is 58.4 Å². The van der Waals surface area contributed by atoms with E-state index in [2.05, 4.69) is 17.2 Å². The van der Waals surface area contributed by atoms with E-state index >= 15 is 0 Å². The third kappa shape index (κ3) is 9.99. The largest absolute Gasteiger partial charge is 0.397 e. The Morgan fingerprint density at radius 1 is 1.21 bits per heavy atom. The van der Waals surface area contributed by atoms with Crippen LogP contribution < -0.4 is 15.8 Å². The number of nitrogens with one attached hydrogen (secondary N) is 2. The van der Waals surface area contributed by atoms with Crippen molar-refractivity contribution in [1.29, 1.82) is 0 Å². The molecule has 1 aromatic rings. The second-order valence-corrected chi connectivity index (χ2v) is 10.3. The topological polar surface area (TPSA) is 101 Å². The Kier molecular flexibility index (Phi) is 11.5. The second kappa shape index (κ2) is 13.1. The van der Waals surface area contributed by atoms with Gasteiger partial charge in [-0.1, -0.05) is 43.2 Å². The first-order valence-electron chi connectivity index (χ1n) is 11.2. The van der Waals surface area contributed by atoms with Crippen molar-refractivity contribution in [3.8, 4) is 0 Å². The number of primary sulfonamides is 1. The molecule has 2 atom stereocenters. The van der Waals surface area contributed by atoms with Crippen LogP contribution in [0.3, 0.4) is 0 Å². The summed E-state index contributed by atoms with van der Waals surface area (Å²) < 4.78 is 62.8. The standard InChI is InChI=1S/C24H36F3N3O3S/c1-5-7-20(29-17-19-8-11-21(12-9-19)34(28,32)33)10-13-22(31)30-16-18(3)15-23(4,14-6-2)24(25,26)27/h6,8-9,11-12,15,20,29H,2,5,7,10,13-14,16-17H2,1,3-4H3,(H,30,31)(H2,28,32,33)/b18-15+/t20-,23?/m1/s1. The Bertz CT molecular complexity index is 944. The highest BCUT2D eigenvalue weighted by Gasteiger charge is 2.48. The molecule has 0 aromatic heterocycles. The van der Waals surface area contributed by atoms with E-state index in [4.69, 9.17) is 5.14 Å². The molecule has 0 bridgehead atoms. The minimum atomic E-state index is -4.41. The minimum absolute atomic E-state index is 0.0439. The molecule has 1 rings (SSSR count). The van der Waals surface area contributed by atoms with Gasteiger partial charge in [0.1, 0.15) is 0 Å². The van der Waals surface area contributed by atoms with Gasteiger partial charge in [0.05, 0.1) is 10.3 Å². The van der Waals surface area contributed by atoms with Crippen molar-refractivity contribution in [3.63, 3.8) is 0 Å². The lowest BCUT2D eigenvalue weighted by atomic mass is 9.84. The summed E-state index contributed by atoms with van der Waals surface area (Å²) in [5.41, 5.74) is -0.709. The number of carbonyl (C=O) groups is 1. The maximum absolute atomic E-state index is 13.4. The Balaban J connectivity index is 2.59. The van der Waals surface area contributed by atoms with E-state index in [1.165, 1.54) is 18.2 Å². The molecule has 6 nitrogen and oxygen atoms in total. The highest BCUT2D eigenvalue weighted by atomic mass is 32.2. The van der Waals surface area contributed by atoms with Gasteiger partial charge in [0.2, 0.25) is 15.9 Å². The number of amides is 1. The summed E-state index contributed by atoms with van der Waals surface area (Å²) in [4.78, 5) is 12.3. The molecule has 10 heteroatoms. The highest BCUT2D eigenvalue weighted by molar-refractivity contribution is 7.89. The molecule has 0 fully saturated rings. The van der Waals surface area contributed by atoms with E-state index in [1.54, 1.807) is 19.1 Å². The van der Waals surface area contributed by atoms with E-state index in [9.17, 15) is 26.4 Å². The molecule has 4 N–H and O–H groups in total. The summed E-state index contributed by atoms with van der Waals surface area (Å²) in [5.74, 6) is -0.231. The van der Waals surface area contributed by atoms with Crippen LogP contribution in [0.15, 0.2) is 53.5 Å². The van der Waals surface area contributed by atoms with Crippen molar-refractivity contribution in [1.82, 2.24) is 10.6 Å². The number of allylic oxidation sites excluding steroid dienone is 2. The fourth-order valence-electron chi connectivity index (χ4n) is 3.54. The number of hydrogen-bond acceptors (Lipinski definition) is 4. The van der Waals surface area contributed by atoms with E-state index in [-0.39, 0.29) is 36.2 Å². The van der Waals surface area contributed by atoms with Crippen LogP contribution in [0.4, 0.5) is 13.2 Å². The quantitative estimate of drug-likeness (QED) is 0.324. The Morgan fingerprint density at radius 2 is 1.82 bits per heavy atom. The van der Waals surface area contributed by atoms with E-state index in [1.807, 2.05) is 6.92 Å². The van der Waals surface area contributed by atoms with Crippen LogP contribution in [0.25, 0.3) is 0 Å². The Hall–Kier alpha value is -2.17. The molecule has 0 spiro atoms. The smallest absolute Gasteiger partial charge is 0.352 e. The van der Waals surface area contributed by atoms with Crippen molar-refractivity contribution in [2.24, 2.45) is 10.6 Å². The maximum atomic E-state index is 13.4. The van der Waals surface area contributed by atoms with Crippen molar-refractivity contribution >= 4 is 15.9 Å². The predicted octanol–water partition coefficient (Wildman–Crippen LogP) is 4.58. The fraction of sp³-hybridized carbons (Fsp3) is 0.542. The van der Waals surface area contributed by atoms with E-state index in [0.717, 1.165) is 31.4 Å². The van der Waals surface area contributed by atoms with Crippen molar-refractivity contribution in [3.05, 3.63) is 54.1 Å². The number of nitrogens with two attached hydrogens (primary N) is 1. The van der Waals surface area contributed by atoms with Crippen LogP contribution in [0.5, 0.6) is 0 Å². The van der Waals surface area contributed by atoms with E-state index in [0.29, 0.717) is 18.5 Å². The molecule has 1 aromatic carbocycles. The Labute approximate surface area is 200 Å². The average molecular weight is 504 g/mol. The molecular weight excluding hydrogens is 467 g/mol. The summed E-state index contributed by atoms with van der Waals surface area (Å²) in [7, 11) is -3.74. The number of carbonyl (C=O) groups excluding carboxylic acids is 1. The third-order valence-corrected chi connectivity index (χ3v) is 6.48. The summed E-state index contributed by atoms with van der Waals surface area (Å²) >= 11 is 0. The van der Waals surface area contributed by atoms with Gasteiger partial charge in [-0.05, 0) is 50.8 Å². The fourth-order valence-corrected chi connectivity index (χ4v) is 4.05. The zero-order valence-electron chi connectivity index (χ0n) is 20.0. The first-order valence-corrected chi connectivity index (χ1v) is 12.7. The van der Waals surface area contributed by atoms with Gasteiger partial charge in [-0.25, -0.2) is 13.6 Å². The number of hydrogen-bond donors (Lipinski definition) is 3. The normalized spacial score (nSPS) is 15.4. The minimum Gasteiger partial charge on any atom is -0.352 e. The molecule has 0 radical (unpaired) electrons. The number of benzene rings is 1. The summed E-state index contributed by atoms with van der Waals surface area (Å²) in [6.45, 7) is 8.67. The predicted molar refractivity (Wildman–Crippen MR) is 128 cm³/mol. The lowest BCUT2D eigenvalue weighted by molar-refractivity contribution is -0.199. The van der Waals surface area contributed by atoms with Gasteiger partial charge >= 0.3 is 6.18 Å². The molecule has 0 aliphatic heterocycles. The lowest BCUT2D eigenvalue weighted by Crippen LogP contribution is -2.34. The average Bonchev–Trinajstić information content (AvgIpc) is 2.73. The number of sulfonamides is 1. The summed E-state index contributed by atoms with van der Waals surface area (Å²) in [6.07, 6.45) is 0.286. The van der Waals surface area contributed by atoms with Crippen molar-refractivity contribution in [2.45, 2.75) is 76.5 Å². The summed E-state index contributed by atoms with van der Waals surface area (Å²) in [6, 6.07) is 6.32. The van der Waals surface area contributed by atoms with Crippen molar-refractivity contribution in [2.75, 3.05) is 6.54 Å². The molecule has 0 aliphatic carbocycles. The van der Waals surface area contributed by atoms with E-state index < -0.39 is 21.6 Å².